The third kappa shape index (κ3) is 10.3. The molecule has 0 bridgehead atoms. The molecule has 0 saturated heterocycles. The predicted molar refractivity (Wildman–Crippen MR) is 140 cm³/mol. The molecule has 33 heavy (non-hydrogen) atoms. The molecule has 0 amide bonds. The maximum Gasteiger partial charge on any atom is 0.500 e. The molecule has 1 unspecified atom stereocenters. The molecule has 2 rings (SSSR count). The van der Waals surface area contributed by atoms with Crippen molar-refractivity contribution < 1.29 is 22.8 Å². The summed E-state index contributed by atoms with van der Waals surface area (Å²) in [6.07, 6.45) is 1.23. The molecule has 182 valence electrons. The largest absolute Gasteiger partial charge is 0.500 e. The Kier molecular flexibility index (Phi) is 13.3. The summed E-state index contributed by atoms with van der Waals surface area (Å²) in [7, 11) is -2.64. The molecule has 0 saturated carbocycles. The molecule has 5 nitrogen and oxygen atoms in total. The van der Waals surface area contributed by atoms with Crippen molar-refractivity contribution >= 4 is 42.5 Å². The molecule has 0 radical (unpaired) electrons. The summed E-state index contributed by atoms with van der Waals surface area (Å²) < 4.78 is 24.4. The van der Waals surface area contributed by atoms with Gasteiger partial charge in [-0.1, -0.05) is 58.4 Å². The van der Waals surface area contributed by atoms with E-state index in [0.29, 0.717) is 26.2 Å². The van der Waals surface area contributed by atoms with Crippen LogP contribution in [0.5, 0.6) is 0 Å². The highest BCUT2D eigenvalue weighted by molar-refractivity contribution is 9.10. The van der Waals surface area contributed by atoms with Crippen molar-refractivity contribution in [2.45, 2.75) is 51.5 Å². The fraction of sp³-hybridized carbons (Fsp3) is 0.480. The lowest BCUT2D eigenvalue weighted by atomic mass is 10.1. The standard InChI is InChI=1S/C25H35BrO5SSi/c1-4-29-33(30-5-2,31-6-3)18-10-17-32-24(22-11-8-7-9-12-22)19-25(27)28-20-21-13-15-23(26)16-14-21/h7-9,11-16,24H,4-6,10,17-20H2,1-3H3. The van der Waals surface area contributed by atoms with E-state index in [1.165, 1.54) is 0 Å². The van der Waals surface area contributed by atoms with Gasteiger partial charge in [0.25, 0.3) is 0 Å². The minimum atomic E-state index is -2.64. The zero-order chi connectivity index (χ0) is 23.9. The van der Waals surface area contributed by atoms with Crippen LogP contribution >= 0.6 is 27.7 Å². The van der Waals surface area contributed by atoms with Gasteiger partial charge in [0.2, 0.25) is 0 Å². The van der Waals surface area contributed by atoms with Crippen molar-refractivity contribution in [1.29, 1.82) is 0 Å². The summed E-state index contributed by atoms with van der Waals surface area (Å²) in [6.45, 7) is 7.94. The van der Waals surface area contributed by atoms with Crippen LogP contribution in [0.25, 0.3) is 0 Å². The van der Waals surface area contributed by atoms with E-state index in [-0.39, 0.29) is 17.8 Å². The van der Waals surface area contributed by atoms with Gasteiger partial charge in [0.1, 0.15) is 6.61 Å². The average molecular weight is 556 g/mol. The number of thioether (sulfide) groups is 1. The first kappa shape index (κ1) is 28.1. The number of halogens is 1. The Morgan fingerprint density at radius 1 is 0.939 bits per heavy atom. The van der Waals surface area contributed by atoms with Gasteiger partial charge in [-0.15, -0.1) is 0 Å². The van der Waals surface area contributed by atoms with Crippen molar-refractivity contribution in [2.75, 3.05) is 25.6 Å². The van der Waals surface area contributed by atoms with Gasteiger partial charge in [-0.05, 0) is 56.2 Å². The van der Waals surface area contributed by atoms with Gasteiger partial charge in [-0.25, -0.2) is 0 Å². The predicted octanol–water partition coefficient (Wildman–Crippen LogP) is 6.80. The van der Waals surface area contributed by atoms with Crippen LogP contribution in [0.3, 0.4) is 0 Å². The van der Waals surface area contributed by atoms with Gasteiger partial charge in [-0.2, -0.15) is 11.8 Å². The van der Waals surface area contributed by atoms with Crippen molar-refractivity contribution in [3.05, 3.63) is 70.2 Å². The number of esters is 1. The minimum absolute atomic E-state index is 0.0333. The molecule has 2 aromatic rings. The molecule has 1 atom stereocenters. The number of hydrogen-bond donors (Lipinski definition) is 0. The first-order chi connectivity index (χ1) is 16.0. The van der Waals surface area contributed by atoms with Gasteiger partial charge in [0.15, 0.2) is 0 Å². The number of benzene rings is 2. The molecule has 0 fully saturated rings. The molecule has 8 heteroatoms. The van der Waals surface area contributed by atoms with E-state index in [0.717, 1.165) is 33.8 Å². The summed E-state index contributed by atoms with van der Waals surface area (Å²) in [6, 6.07) is 18.7. The molecule has 0 N–H and O–H groups in total. The van der Waals surface area contributed by atoms with Gasteiger partial charge in [-0.3, -0.25) is 4.79 Å². The van der Waals surface area contributed by atoms with Crippen LogP contribution in [0.1, 0.15) is 50.0 Å². The van der Waals surface area contributed by atoms with E-state index in [2.05, 4.69) is 28.1 Å². The van der Waals surface area contributed by atoms with Crippen LogP contribution in [0.2, 0.25) is 6.04 Å². The number of carbonyl (C=O) groups is 1. The first-order valence-electron chi connectivity index (χ1n) is 11.5. The van der Waals surface area contributed by atoms with Crippen LogP contribution < -0.4 is 0 Å². The molecule has 2 aromatic carbocycles. The Morgan fingerprint density at radius 3 is 2.12 bits per heavy atom. The van der Waals surface area contributed by atoms with E-state index in [1.54, 1.807) is 11.8 Å². The lowest BCUT2D eigenvalue weighted by Crippen LogP contribution is -2.46. The first-order valence-corrected chi connectivity index (χ1v) is 15.3. The van der Waals surface area contributed by atoms with Crippen LogP contribution in [0.4, 0.5) is 0 Å². The molecule has 0 spiro atoms. The maximum absolute atomic E-state index is 12.6. The third-order valence-corrected chi connectivity index (χ3v) is 9.92. The van der Waals surface area contributed by atoms with Gasteiger partial charge in [0.05, 0.1) is 6.42 Å². The highest BCUT2D eigenvalue weighted by Gasteiger charge is 2.39. The highest BCUT2D eigenvalue weighted by atomic mass is 79.9. The Hall–Kier alpha value is -1.16. The van der Waals surface area contributed by atoms with Crippen LogP contribution in [-0.2, 0) is 29.4 Å². The minimum Gasteiger partial charge on any atom is -0.461 e. The van der Waals surface area contributed by atoms with Gasteiger partial charge < -0.3 is 18.0 Å². The van der Waals surface area contributed by atoms with E-state index in [9.17, 15) is 4.79 Å². The van der Waals surface area contributed by atoms with Gasteiger partial charge in [0, 0.05) is 35.6 Å². The summed E-state index contributed by atoms with van der Waals surface area (Å²) in [4.78, 5) is 12.6. The van der Waals surface area contributed by atoms with Gasteiger partial charge >= 0.3 is 14.8 Å². The number of ether oxygens (including phenoxy) is 1. The van der Waals surface area contributed by atoms with E-state index >= 15 is 0 Å². The molecule has 0 aliphatic heterocycles. The van der Waals surface area contributed by atoms with E-state index in [4.69, 9.17) is 18.0 Å². The second kappa shape index (κ2) is 15.7. The fourth-order valence-electron chi connectivity index (χ4n) is 3.41. The zero-order valence-electron chi connectivity index (χ0n) is 19.8. The SMILES string of the molecule is CCO[Si](CCCSC(CC(=O)OCc1ccc(Br)cc1)c1ccccc1)(OCC)OCC. The topological polar surface area (TPSA) is 54.0 Å². The number of hydrogen-bond acceptors (Lipinski definition) is 6. The van der Waals surface area contributed by atoms with Crippen molar-refractivity contribution in [2.24, 2.45) is 0 Å². The van der Waals surface area contributed by atoms with E-state index in [1.807, 2.05) is 63.2 Å². The van der Waals surface area contributed by atoms with Crippen molar-refractivity contribution in [3.8, 4) is 0 Å². The smallest absolute Gasteiger partial charge is 0.461 e. The van der Waals surface area contributed by atoms with E-state index < -0.39 is 8.80 Å². The lowest BCUT2D eigenvalue weighted by Gasteiger charge is -2.28. The van der Waals surface area contributed by atoms with Crippen LogP contribution in [0, 0.1) is 0 Å². The second-order valence-electron chi connectivity index (χ2n) is 7.35. The molecular weight excluding hydrogens is 520 g/mol. The van der Waals surface area contributed by atoms with Crippen LogP contribution in [0.15, 0.2) is 59.1 Å². The monoisotopic (exact) mass is 554 g/mol. The summed E-state index contributed by atoms with van der Waals surface area (Å²) in [5.74, 6) is 0.683. The Bertz CT molecular complexity index is 789. The second-order valence-corrected chi connectivity index (χ2v) is 12.3. The molecule has 0 aromatic heterocycles. The Morgan fingerprint density at radius 2 is 1.55 bits per heavy atom. The molecule has 0 aliphatic carbocycles. The number of rotatable bonds is 16. The maximum atomic E-state index is 12.6. The Labute approximate surface area is 212 Å². The van der Waals surface area contributed by atoms with Crippen LogP contribution in [-0.4, -0.2) is 40.3 Å². The molecule has 0 heterocycles. The summed E-state index contributed by atoms with van der Waals surface area (Å²) in [5, 5.41) is 0.0333. The number of carbonyl (C=O) groups excluding carboxylic acids is 1. The third-order valence-electron chi connectivity index (χ3n) is 4.88. The summed E-state index contributed by atoms with van der Waals surface area (Å²) >= 11 is 5.19. The quantitative estimate of drug-likeness (QED) is 0.129. The van der Waals surface area contributed by atoms with Crippen molar-refractivity contribution in [3.63, 3.8) is 0 Å². The lowest BCUT2D eigenvalue weighted by molar-refractivity contribution is -0.144. The average Bonchev–Trinajstić information content (AvgIpc) is 2.82. The zero-order valence-corrected chi connectivity index (χ0v) is 23.2. The van der Waals surface area contributed by atoms with Crippen molar-refractivity contribution in [1.82, 2.24) is 0 Å². The molecule has 0 aliphatic rings. The highest BCUT2D eigenvalue weighted by Crippen LogP contribution is 2.34. The molecular formula is C25H35BrO5SSi. The Balaban J connectivity index is 1.92. The fourth-order valence-corrected chi connectivity index (χ4v) is 7.74. The normalized spacial score (nSPS) is 12.5. The summed E-state index contributed by atoms with van der Waals surface area (Å²) in [5.41, 5.74) is 2.10.